The Labute approximate surface area is 193 Å². The second-order valence-electron chi connectivity index (χ2n) is 8.94. The third-order valence-electron chi connectivity index (χ3n) is 6.18. The van der Waals surface area contributed by atoms with E-state index in [0.717, 1.165) is 6.42 Å². The van der Waals surface area contributed by atoms with E-state index in [2.05, 4.69) is 48.7 Å². The normalized spacial score (nSPS) is 17.9. The number of aromatic nitrogens is 2. The monoisotopic (exact) mass is 444 g/mol. The number of hydrogen-bond acceptors (Lipinski definition) is 6. The van der Waals surface area contributed by atoms with Gasteiger partial charge in [-0.2, -0.15) is 5.10 Å². The lowest BCUT2D eigenvalue weighted by Crippen LogP contribution is -2.40. The molecule has 0 radical (unpaired) electrons. The lowest BCUT2D eigenvalue weighted by atomic mass is 9.99. The molecule has 2 aromatic carbocycles. The Morgan fingerprint density at radius 3 is 2.82 bits per heavy atom. The highest BCUT2D eigenvalue weighted by Crippen LogP contribution is 2.41. The van der Waals surface area contributed by atoms with Gasteiger partial charge in [0.15, 0.2) is 11.6 Å². The zero-order valence-corrected chi connectivity index (χ0v) is 19.2. The van der Waals surface area contributed by atoms with Gasteiger partial charge in [-0.25, -0.2) is 10.2 Å². The largest absolute Gasteiger partial charge is 0.455 e. The van der Waals surface area contributed by atoms with Crippen molar-refractivity contribution in [2.24, 2.45) is 12.0 Å². The smallest absolute Gasteiger partial charge is 0.281 e. The molecule has 0 spiro atoms. The van der Waals surface area contributed by atoms with E-state index in [1.807, 2.05) is 18.2 Å². The summed E-state index contributed by atoms with van der Waals surface area (Å²) in [6.07, 6.45) is 4.70. The highest BCUT2D eigenvalue weighted by molar-refractivity contribution is 6.00. The van der Waals surface area contributed by atoms with Crippen molar-refractivity contribution in [3.8, 4) is 11.5 Å². The number of amidine groups is 1. The third kappa shape index (κ3) is 4.68. The molecule has 3 aromatic rings. The molecule has 7 nitrogen and oxygen atoms in total. The molecule has 1 aliphatic heterocycles. The van der Waals surface area contributed by atoms with Gasteiger partial charge in [0, 0.05) is 7.05 Å². The van der Waals surface area contributed by atoms with Gasteiger partial charge in [0.05, 0.1) is 18.8 Å². The van der Waals surface area contributed by atoms with Gasteiger partial charge in [-0.15, -0.1) is 0 Å². The summed E-state index contributed by atoms with van der Waals surface area (Å²) >= 11 is 0. The van der Waals surface area contributed by atoms with Crippen LogP contribution in [0.25, 0.3) is 0 Å². The molecule has 5 rings (SSSR count). The Kier molecular flexibility index (Phi) is 5.72. The molecule has 0 saturated heterocycles. The number of rotatable bonds is 6. The van der Waals surface area contributed by atoms with Crippen LogP contribution in [0.15, 0.2) is 58.4 Å². The van der Waals surface area contributed by atoms with Crippen molar-refractivity contribution < 1.29 is 9.57 Å². The van der Waals surface area contributed by atoms with Gasteiger partial charge in [0.1, 0.15) is 11.3 Å². The van der Waals surface area contributed by atoms with Gasteiger partial charge in [0.2, 0.25) is 0 Å². The molecule has 33 heavy (non-hydrogen) atoms. The standard InChI is InChI=1S/C26H28N4O3/c1-16-7-8-19(17(2)11-16)12-21-15-32-29-25(28-21)24-23(14-27-30(3)26(24)31)33-22-6-4-5-20(13-22)18-9-10-18/h4-8,11,13-14,18,21H,9-10,12,15H2,1-3H3,(H,28,29). The molecule has 170 valence electrons. The van der Waals surface area contributed by atoms with Crippen LogP contribution in [0.2, 0.25) is 0 Å². The molecule has 1 aromatic heterocycles. The van der Waals surface area contributed by atoms with Crippen LogP contribution in [-0.2, 0) is 18.3 Å². The van der Waals surface area contributed by atoms with Gasteiger partial charge in [-0.1, -0.05) is 35.9 Å². The van der Waals surface area contributed by atoms with E-state index < -0.39 is 0 Å². The minimum atomic E-state index is -0.298. The highest BCUT2D eigenvalue weighted by Gasteiger charge is 2.26. The first-order chi connectivity index (χ1) is 16.0. The number of nitrogens with zero attached hydrogens (tertiary/aromatic N) is 3. The summed E-state index contributed by atoms with van der Waals surface area (Å²) in [4.78, 5) is 23.5. The average Bonchev–Trinajstić information content (AvgIpc) is 3.65. The van der Waals surface area contributed by atoms with E-state index in [-0.39, 0.29) is 11.6 Å². The molecular weight excluding hydrogens is 416 g/mol. The lowest BCUT2D eigenvalue weighted by molar-refractivity contribution is 0.0622. The predicted molar refractivity (Wildman–Crippen MR) is 127 cm³/mol. The zero-order chi connectivity index (χ0) is 22.9. The van der Waals surface area contributed by atoms with Crippen LogP contribution in [0.1, 0.15) is 46.6 Å². The molecule has 2 aliphatic rings. The SMILES string of the molecule is Cc1ccc(CC2CONC(c3c(Oc4cccc(C5CC5)c4)cnn(C)c3=O)=N2)c(C)c1. The van der Waals surface area contributed by atoms with Gasteiger partial charge in [-0.3, -0.25) is 14.6 Å². The fraction of sp³-hybridized carbons (Fsp3) is 0.346. The Bertz CT molecular complexity index is 1280. The quantitative estimate of drug-likeness (QED) is 0.623. The summed E-state index contributed by atoms with van der Waals surface area (Å²) < 4.78 is 7.43. The molecule has 1 fully saturated rings. The first-order valence-corrected chi connectivity index (χ1v) is 11.3. The maximum atomic E-state index is 13.1. The van der Waals surface area contributed by atoms with Crippen molar-refractivity contribution in [3.05, 3.63) is 86.8 Å². The molecule has 1 unspecified atom stereocenters. The van der Waals surface area contributed by atoms with Gasteiger partial charge in [0.25, 0.3) is 5.56 Å². The lowest BCUT2D eigenvalue weighted by Gasteiger charge is -2.23. The number of hydrogen-bond donors (Lipinski definition) is 1. The molecule has 7 heteroatoms. The van der Waals surface area contributed by atoms with E-state index in [0.29, 0.717) is 35.4 Å². The maximum absolute atomic E-state index is 13.1. The minimum Gasteiger partial charge on any atom is -0.455 e. The summed E-state index contributed by atoms with van der Waals surface area (Å²) in [6, 6.07) is 14.3. The van der Waals surface area contributed by atoms with Crippen LogP contribution in [0, 0.1) is 13.8 Å². The summed E-state index contributed by atoms with van der Waals surface area (Å²) in [5, 5.41) is 4.16. The maximum Gasteiger partial charge on any atom is 0.281 e. The van der Waals surface area contributed by atoms with Crippen LogP contribution in [0.5, 0.6) is 11.5 Å². The number of aryl methyl sites for hydroxylation is 3. The predicted octanol–water partition coefficient (Wildman–Crippen LogP) is 3.96. The Hall–Kier alpha value is -3.45. The number of aliphatic imine (C=N–C) groups is 1. The molecule has 1 saturated carbocycles. The fourth-order valence-corrected chi connectivity index (χ4v) is 4.20. The zero-order valence-electron chi connectivity index (χ0n) is 19.2. The molecule has 0 amide bonds. The Balaban J connectivity index is 1.46. The van der Waals surface area contributed by atoms with Crippen molar-refractivity contribution in [1.29, 1.82) is 0 Å². The van der Waals surface area contributed by atoms with Crippen molar-refractivity contribution in [2.45, 2.75) is 45.1 Å². The minimum absolute atomic E-state index is 0.119. The van der Waals surface area contributed by atoms with E-state index in [1.54, 1.807) is 13.2 Å². The first kappa shape index (κ1) is 21.4. The molecular formula is C26H28N4O3. The van der Waals surface area contributed by atoms with Gasteiger partial charge < -0.3 is 4.74 Å². The molecule has 1 atom stereocenters. The highest BCUT2D eigenvalue weighted by atomic mass is 16.6. The summed E-state index contributed by atoms with van der Waals surface area (Å²) in [7, 11) is 1.61. The number of ether oxygens (including phenoxy) is 1. The van der Waals surface area contributed by atoms with Crippen molar-refractivity contribution in [1.82, 2.24) is 15.3 Å². The van der Waals surface area contributed by atoms with E-state index in [9.17, 15) is 4.79 Å². The number of hydroxylamine groups is 1. The fourth-order valence-electron chi connectivity index (χ4n) is 4.20. The molecule has 0 bridgehead atoms. The second kappa shape index (κ2) is 8.83. The summed E-state index contributed by atoms with van der Waals surface area (Å²) in [6.45, 7) is 4.61. The average molecular weight is 445 g/mol. The van der Waals surface area contributed by atoms with Crippen LogP contribution in [0.4, 0.5) is 0 Å². The van der Waals surface area contributed by atoms with Crippen LogP contribution < -0.4 is 15.8 Å². The van der Waals surface area contributed by atoms with Crippen LogP contribution in [-0.4, -0.2) is 28.3 Å². The Morgan fingerprint density at radius 1 is 1.18 bits per heavy atom. The van der Waals surface area contributed by atoms with Crippen molar-refractivity contribution in [3.63, 3.8) is 0 Å². The third-order valence-corrected chi connectivity index (χ3v) is 6.18. The van der Waals surface area contributed by atoms with E-state index >= 15 is 0 Å². The van der Waals surface area contributed by atoms with Crippen molar-refractivity contribution >= 4 is 5.84 Å². The second-order valence-corrected chi connectivity index (χ2v) is 8.94. The summed E-state index contributed by atoms with van der Waals surface area (Å²) in [5.74, 6) is 2.01. The van der Waals surface area contributed by atoms with Crippen molar-refractivity contribution in [2.75, 3.05) is 6.61 Å². The number of benzene rings is 2. The van der Waals surface area contributed by atoms with Gasteiger partial charge >= 0.3 is 0 Å². The van der Waals surface area contributed by atoms with Crippen LogP contribution in [0.3, 0.4) is 0 Å². The van der Waals surface area contributed by atoms with E-state index in [4.69, 9.17) is 14.6 Å². The summed E-state index contributed by atoms with van der Waals surface area (Å²) in [5.41, 5.74) is 7.79. The first-order valence-electron chi connectivity index (χ1n) is 11.3. The Morgan fingerprint density at radius 2 is 2.03 bits per heavy atom. The van der Waals surface area contributed by atoms with Gasteiger partial charge in [-0.05, 0) is 67.9 Å². The molecule has 1 aliphatic carbocycles. The number of nitrogens with one attached hydrogen (secondary N) is 1. The molecule has 1 N–H and O–H groups in total. The van der Waals surface area contributed by atoms with E-state index in [1.165, 1.54) is 39.8 Å². The molecule has 2 heterocycles. The van der Waals surface area contributed by atoms with Crippen LogP contribution >= 0.6 is 0 Å². The topological polar surface area (TPSA) is 77.7 Å².